The summed E-state index contributed by atoms with van der Waals surface area (Å²) in [6, 6.07) is 5.96. The highest BCUT2D eigenvalue weighted by Gasteiger charge is 2.21. The fourth-order valence-corrected chi connectivity index (χ4v) is 2.17. The van der Waals surface area contributed by atoms with Crippen molar-refractivity contribution in [1.82, 2.24) is 14.8 Å². The van der Waals surface area contributed by atoms with Crippen LogP contribution in [0.1, 0.15) is 33.7 Å². The quantitative estimate of drug-likeness (QED) is 0.867. The van der Waals surface area contributed by atoms with E-state index in [1.165, 1.54) is 0 Å². The van der Waals surface area contributed by atoms with E-state index in [1.54, 1.807) is 24.3 Å². The molecule has 5 heteroatoms. The van der Waals surface area contributed by atoms with Crippen LogP contribution < -0.4 is 4.90 Å². The third-order valence-electron chi connectivity index (χ3n) is 3.33. The second-order valence-corrected chi connectivity index (χ2v) is 5.72. The Balaban J connectivity index is 2.46. The van der Waals surface area contributed by atoms with Gasteiger partial charge in [0.2, 0.25) is 5.91 Å². The Labute approximate surface area is 125 Å². The van der Waals surface area contributed by atoms with Gasteiger partial charge in [-0.1, -0.05) is 13.8 Å². The Hall–Kier alpha value is -2.17. The molecule has 0 radical (unpaired) electrons. The lowest BCUT2D eigenvalue weighted by molar-refractivity contribution is -0.121. The summed E-state index contributed by atoms with van der Waals surface area (Å²) in [5.41, 5.74) is 1.78. The van der Waals surface area contributed by atoms with Gasteiger partial charge in [0.25, 0.3) is 0 Å². The first-order valence-electron chi connectivity index (χ1n) is 7.19. The number of hydrogen-bond donors (Lipinski definition) is 0. The maximum absolute atomic E-state index is 12.2. The summed E-state index contributed by atoms with van der Waals surface area (Å²) in [7, 11) is 1.80. The fraction of sp³-hybridized carbons (Fsp3) is 0.438. The van der Waals surface area contributed by atoms with Gasteiger partial charge in [0.05, 0.1) is 5.69 Å². The minimum atomic E-state index is -0.0487. The molecule has 0 saturated carbocycles. The van der Waals surface area contributed by atoms with Gasteiger partial charge in [0.15, 0.2) is 0 Å². The molecule has 0 aliphatic carbocycles. The van der Waals surface area contributed by atoms with Crippen LogP contribution in [0.25, 0.3) is 11.3 Å². The predicted molar refractivity (Wildman–Crippen MR) is 84.1 cm³/mol. The molecule has 0 atom stereocenters. The highest BCUT2D eigenvalue weighted by atomic mass is 16.2. The van der Waals surface area contributed by atoms with Crippen LogP contribution in [0.4, 0.5) is 5.82 Å². The number of hydrogen-bond acceptors (Lipinski definition) is 3. The van der Waals surface area contributed by atoms with Crippen LogP contribution in [0.5, 0.6) is 0 Å². The van der Waals surface area contributed by atoms with Crippen LogP contribution in [0, 0.1) is 5.92 Å². The van der Waals surface area contributed by atoms with Crippen LogP contribution in [-0.2, 0) is 4.79 Å². The van der Waals surface area contributed by atoms with Gasteiger partial charge in [-0.05, 0) is 26.0 Å². The zero-order chi connectivity index (χ0) is 15.6. The Morgan fingerprint density at radius 3 is 2.52 bits per heavy atom. The van der Waals surface area contributed by atoms with Crippen LogP contribution >= 0.6 is 0 Å². The molecule has 2 heterocycles. The SMILES string of the molecule is CC(C)C(=O)N(C)c1cc(-c2cccnc2)nn1C(C)C. The number of amides is 1. The standard InChI is InChI=1S/C16H22N4O/c1-11(2)16(21)19(5)15-9-14(18-20(15)12(3)4)13-7-6-8-17-10-13/h6-12H,1-5H3. The topological polar surface area (TPSA) is 51.0 Å². The van der Waals surface area contributed by atoms with Crippen molar-refractivity contribution >= 4 is 11.7 Å². The summed E-state index contributed by atoms with van der Waals surface area (Å²) in [4.78, 5) is 18.0. The van der Waals surface area contributed by atoms with E-state index < -0.39 is 0 Å². The Bertz CT molecular complexity index is 616. The van der Waals surface area contributed by atoms with Crippen molar-refractivity contribution in [2.45, 2.75) is 33.7 Å². The van der Waals surface area contributed by atoms with Gasteiger partial charge < -0.3 is 0 Å². The van der Waals surface area contributed by atoms with Crippen molar-refractivity contribution in [2.75, 3.05) is 11.9 Å². The lowest BCUT2D eigenvalue weighted by Crippen LogP contribution is -2.32. The smallest absolute Gasteiger partial charge is 0.230 e. The lowest BCUT2D eigenvalue weighted by atomic mass is 10.2. The molecule has 0 saturated heterocycles. The molecule has 1 amide bonds. The third kappa shape index (κ3) is 3.12. The monoisotopic (exact) mass is 286 g/mol. The van der Waals surface area contributed by atoms with E-state index in [2.05, 4.69) is 23.9 Å². The van der Waals surface area contributed by atoms with Crippen molar-refractivity contribution in [3.63, 3.8) is 0 Å². The van der Waals surface area contributed by atoms with Crippen molar-refractivity contribution in [3.8, 4) is 11.3 Å². The molecule has 0 bridgehead atoms. The fourth-order valence-electron chi connectivity index (χ4n) is 2.17. The van der Waals surface area contributed by atoms with E-state index in [0.717, 1.165) is 17.1 Å². The van der Waals surface area contributed by atoms with Crippen LogP contribution in [-0.4, -0.2) is 27.7 Å². The van der Waals surface area contributed by atoms with Crippen LogP contribution in [0.3, 0.4) is 0 Å². The average Bonchev–Trinajstić information content (AvgIpc) is 2.92. The van der Waals surface area contributed by atoms with Crippen molar-refractivity contribution in [2.24, 2.45) is 5.92 Å². The zero-order valence-corrected chi connectivity index (χ0v) is 13.2. The number of carbonyl (C=O) groups is 1. The third-order valence-corrected chi connectivity index (χ3v) is 3.33. The molecule has 0 aromatic carbocycles. The molecule has 0 aliphatic rings. The summed E-state index contributed by atoms with van der Waals surface area (Å²) in [6.45, 7) is 7.91. The highest BCUT2D eigenvalue weighted by Crippen LogP contribution is 2.26. The van der Waals surface area contributed by atoms with E-state index in [9.17, 15) is 4.79 Å². The number of rotatable bonds is 4. The van der Waals surface area contributed by atoms with Crippen LogP contribution in [0.2, 0.25) is 0 Å². The molecule has 0 N–H and O–H groups in total. The Kier molecular flexibility index (Phi) is 4.40. The normalized spacial score (nSPS) is 11.2. The molecule has 0 unspecified atom stereocenters. The highest BCUT2D eigenvalue weighted by molar-refractivity contribution is 5.93. The summed E-state index contributed by atoms with van der Waals surface area (Å²) in [5, 5.41) is 4.63. The second-order valence-electron chi connectivity index (χ2n) is 5.72. The average molecular weight is 286 g/mol. The van der Waals surface area contributed by atoms with Crippen molar-refractivity contribution < 1.29 is 4.79 Å². The Morgan fingerprint density at radius 2 is 2.00 bits per heavy atom. The maximum Gasteiger partial charge on any atom is 0.230 e. The second kappa shape index (κ2) is 6.08. The Morgan fingerprint density at radius 1 is 1.29 bits per heavy atom. The van der Waals surface area contributed by atoms with Gasteiger partial charge in [-0.3, -0.25) is 14.7 Å². The number of anilines is 1. The summed E-state index contributed by atoms with van der Waals surface area (Å²) in [6.07, 6.45) is 3.51. The van der Waals surface area contributed by atoms with Gasteiger partial charge in [-0.2, -0.15) is 5.10 Å². The summed E-state index contributed by atoms with van der Waals surface area (Å²) >= 11 is 0. The molecule has 2 rings (SSSR count). The van der Waals surface area contributed by atoms with Gasteiger partial charge in [-0.25, -0.2) is 4.68 Å². The number of pyridine rings is 1. The maximum atomic E-state index is 12.2. The largest absolute Gasteiger partial charge is 0.300 e. The molecule has 5 nitrogen and oxygen atoms in total. The molecular weight excluding hydrogens is 264 g/mol. The molecule has 0 fully saturated rings. The van der Waals surface area contributed by atoms with E-state index >= 15 is 0 Å². The van der Waals surface area contributed by atoms with Crippen LogP contribution in [0.15, 0.2) is 30.6 Å². The molecule has 0 aliphatic heterocycles. The van der Waals surface area contributed by atoms with E-state index in [4.69, 9.17) is 0 Å². The summed E-state index contributed by atoms with van der Waals surface area (Å²) < 4.78 is 1.88. The minimum Gasteiger partial charge on any atom is -0.300 e. The summed E-state index contributed by atoms with van der Waals surface area (Å²) in [5.74, 6) is 0.837. The van der Waals surface area contributed by atoms with Gasteiger partial charge in [-0.15, -0.1) is 0 Å². The minimum absolute atomic E-state index is 0.0487. The predicted octanol–water partition coefficient (Wildman–Crippen LogP) is 3.14. The van der Waals surface area contributed by atoms with Gasteiger partial charge >= 0.3 is 0 Å². The molecule has 2 aromatic heterocycles. The number of nitrogens with zero attached hydrogens (tertiary/aromatic N) is 4. The first-order chi connectivity index (χ1) is 9.91. The number of aromatic nitrogens is 3. The first-order valence-corrected chi connectivity index (χ1v) is 7.19. The molecule has 2 aromatic rings. The first kappa shape index (κ1) is 15.2. The van der Waals surface area contributed by atoms with Gasteiger partial charge in [0.1, 0.15) is 5.82 Å². The lowest BCUT2D eigenvalue weighted by Gasteiger charge is -2.21. The molecule has 112 valence electrons. The zero-order valence-electron chi connectivity index (χ0n) is 13.2. The van der Waals surface area contributed by atoms with E-state index in [0.29, 0.717) is 0 Å². The van der Waals surface area contributed by atoms with E-state index in [-0.39, 0.29) is 17.9 Å². The molecule has 0 spiro atoms. The molecular formula is C16H22N4O. The number of carbonyl (C=O) groups excluding carboxylic acids is 1. The van der Waals surface area contributed by atoms with Crippen molar-refractivity contribution in [3.05, 3.63) is 30.6 Å². The van der Waals surface area contributed by atoms with Crippen molar-refractivity contribution in [1.29, 1.82) is 0 Å². The van der Waals surface area contributed by atoms with E-state index in [1.807, 2.05) is 36.7 Å². The van der Waals surface area contributed by atoms with Gasteiger partial charge in [0, 0.05) is 43.0 Å². The molecule has 21 heavy (non-hydrogen) atoms.